The van der Waals surface area contributed by atoms with Crippen LogP contribution in [0.2, 0.25) is 0 Å². The Balaban J connectivity index is 2.12. The van der Waals surface area contributed by atoms with Crippen LogP contribution in [0.4, 0.5) is 13.2 Å². The van der Waals surface area contributed by atoms with E-state index in [9.17, 15) is 13.2 Å². The van der Waals surface area contributed by atoms with Gasteiger partial charge in [-0.2, -0.15) is 13.2 Å². The summed E-state index contributed by atoms with van der Waals surface area (Å²) in [4.78, 5) is 4.05. The van der Waals surface area contributed by atoms with Crippen molar-refractivity contribution in [3.8, 4) is 11.4 Å². The maximum Gasteiger partial charge on any atom is 0.416 e. The van der Waals surface area contributed by atoms with Crippen LogP contribution in [0.1, 0.15) is 5.56 Å². The summed E-state index contributed by atoms with van der Waals surface area (Å²) < 4.78 is 44.9. The van der Waals surface area contributed by atoms with Crippen LogP contribution in [0.5, 0.6) is 5.75 Å². The molecule has 0 saturated carbocycles. The molecule has 0 radical (unpaired) electrons. The number of halogens is 3. The average molecular weight is 292 g/mol. The number of rotatable bonds is 2. The second kappa shape index (κ2) is 4.80. The number of hydrogen-bond donors (Lipinski definition) is 0. The summed E-state index contributed by atoms with van der Waals surface area (Å²) in [6.45, 7) is 0. The first-order chi connectivity index (χ1) is 9.99. The molecule has 0 unspecified atom stereocenters. The van der Waals surface area contributed by atoms with Gasteiger partial charge in [0, 0.05) is 6.07 Å². The Kier molecular flexibility index (Phi) is 3.08. The molecular formula is C15H11F3N2O. The summed E-state index contributed by atoms with van der Waals surface area (Å²) in [5, 5.41) is 0. The normalized spacial score (nSPS) is 11.8. The van der Waals surface area contributed by atoms with E-state index in [0.29, 0.717) is 16.8 Å². The van der Waals surface area contributed by atoms with Crippen molar-refractivity contribution in [3.63, 3.8) is 0 Å². The third kappa shape index (κ3) is 2.44. The van der Waals surface area contributed by atoms with Crippen molar-refractivity contribution < 1.29 is 17.9 Å². The lowest BCUT2D eigenvalue weighted by Crippen LogP contribution is -2.04. The molecule has 0 fully saturated rings. The number of ether oxygens (including phenoxy) is 1. The molecule has 3 nitrogen and oxygen atoms in total. The summed E-state index contributed by atoms with van der Waals surface area (Å²) in [5.41, 5.74) is 0.978. The molecular weight excluding hydrogens is 281 g/mol. The maximum absolute atomic E-state index is 12.7. The second-order valence-electron chi connectivity index (χ2n) is 4.52. The molecule has 108 valence electrons. The second-order valence-corrected chi connectivity index (χ2v) is 4.52. The number of nitrogens with zero attached hydrogens (tertiary/aromatic N) is 2. The number of imidazole rings is 1. The minimum atomic E-state index is -4.37. The van der Waals surface area contributed by atoms with Crippen LogP contribution >= 0.6 is 0 Å². The van der Waals surface area contributed by atoms with E-state index in [1.165, 1.54) is 12.4 Å². The third-order valence-corrected chi connectivity index (χ3v) is 3.21. The van der Waals surface area contributed by atoms with Crippen molar-refractivity contribution in [2.75, 3.05) is 7.11 Å². The van der Waals surface area contributed by atoms with E-state index in [4.69, 9.17) is 4.74 Å². The van der Waals surface area contributed by atoms with Crippen molar-refractivity contribution in [3.05, 3.63) is 54.4 Å². The standard InChI is InChI=1S/C15H11F3N2O/c1-21-12-4-2-3-11(8-12)20-9-19-13-7-10(15(16,17)18)5-6-14(13)20/h2-9H,1H3. The SMILES string of the molecule is COc1cccc(-n2cnc3cc(C(F)(F)F)ccc32)c1. The summed E-state index contributed by atoms with van der Waals surface area (Å²) in [6, 6.07) is 10.8. The van der Waals surface area contributed by atoms with Crippen molar-refractivity contribution in [2.24, 2.45) is 0 Å². The minimum Gasteiger partial charge on any atom is -0.497 e. The highest BCUT2D eigenvalue weighted by atomic mass is 19.4. The van der Waals surface area contributed by atoms with Gasteiger partial charge in [-0.1, -0.05) is 6.07 Å². The number of fused-ring (bicyclic) bond motifs is 1. The molecule has 2 aromatic carbocycles. The molecule has 0 spiro atoms. The predicted molar refractivity (Wildman–Crippen MR) is 72.6 cm³/mol. The minimum absolute atomic E-state index is 0.299. The van der Waals surface area contributed by atoms with Crippen LogP contribution in [0.3, 0.4) is 0 Å². The van der Waals surface area contributed by atoms with Crippen molar-refractivity contribution in [1.29, 1.82) is 0 Å². The van der Waals surface area contributed by atoms with Crippen LogP contribution < -0.4 is 4.74 Å². The average Bonchev–Trinajstić information content (AvgIpc) is 2.89. The van der Waals surface area contributed by atoms with Gasteiger partial charge in [0.15, 0.2) is 0 Å². The van der Waals surface area contributed by atoms with Crippen LogP contribution in [-0.4, -0.2) is 16.7 Å². The molecule has 0 N–H and O–H groups in total. The topological polar surface area (TPSA) is 27.1 Å². The number of hydrogen-bond acceptors (Lipinski definition) is 2. The summed E-state index contributed by atoms with van der Waals surface area (Å²) in [6.07, 6.45) is -2.87. The van der Waals surface area contributed by atoms with E-state index in [1.807, 2.05) is 12.1 Å². The van der Waals surface area contributed by atoms with Crippen molar-refractivity contribution in [1.82, 2.24) is 9.55 Å². The smallest absolute Gasteiger partial charge is 0.416 e. The molecule has 0 saturated heterocycles. The lowest BCUT2D eigenvalue weighted by molar-refractivity contribution is -0.137. The molecule has 0 aliphatic rings. The van der Waals surface area contributed by atoms with E-state index in [1.54, 1.807) is 23.8 Å². The third-order valence-electron chi connectivity index (χ3n) is 3.21. The number of benzene rings is 2. The molecule has 6 heteroatoms. The monoisotopic (exact) mass is 292 g/mol. The van der Waals surface area contributed by atoms with E-state index < -0.39 is 11.7 Å². The van der Waals surface area contributed by atoms with E-state index in [0.717, 1.165) is 17.8 Å². The molecule has 21 heavy (non-hydrogen) atoms. The molecule has 3 aromatic rings. The molecule has 1 aromatic heterocycles. The molecule has 0 aliphatic heterocycles. The quantitative estimate of drug-likeness (QED) is 0.712. The molecule has 1 heterocycles. The highest BCUT2D eigenvalue weighted by Crippen LogP contribution is 2.31. The Morgan fingerprint density at radius 1 is 1.10 bits per heavy atom. The maximum atomic E-state index is 12.7. The first-order valence-corrected chi connectivity index (χ1v) is 6.18. The van der Waals surface area contributed by atoms with Crippen LogP contribution in [0.15, 0.2) is 48.8 Å². The fourth-order valence-electron chi connectivity index (χ4n) is 2.16. The highest BCUT2D eigenvalue weighted by Gasteiger charge is 2.30. The molecule has 0 aliphatic carbocycles. The van der Waals surface area contributed by atoms with Gasteiger partial charge in [0.1, 0.15) is 12.1 Å². The van der Waals surface area contributed by atoms with Crippen molar-refractivity contribution >= 4 is 11.0 Å². The Morgan fingerprint density at radius 2 is 1.90 bits per heavy atom. The van der Waals surface area contributed by atoms with Gasteiger partial charge in [-0.05, 0) is 30.3 Å². The van der Waals surface area contributed by atoms with Gasteiger partial charge in [0.25, 0.3) is 0 Å². The van der Waals surface area contributed by atoms with Gasteiger partial charge in [0.2, 0.25) is 0 Å². The van der Waals surface area contributed by atoms with Crippen molar-refractivity contribution in [2.45, 2.75) is 6.18 Å². The van der Waals surface area contributed by atoms with E-state index in [-0.39, 0.29) is 0 Å². The fourth-order valence-corrected chi connectivity index (χ4v) is 2.16. The van der Waals surface area contributed by atoms with Gasteiger partial charge in [-0.15, -0.1) is 0 Å². The molecule has 0 bridgehead atoms. The zero-order chi connectivity index (χ0) is 15.0. The van der Waals surface area contributed by atoms with E-state index in [2.05, 4.69) is 4.98 Å². The zero-order valence-electron chi connectivity index (χ0n) is 11.1. The van der Waals surface area contributed by atoms with Gasteiger partial charge < -0.3 is 4.74 Å². The first-order valence-electron chi connectivity index (χ1n) is 6.18. The van der Waals surface area contributed by atoms with Gasteiger partial charge in [0.05, 0.1) is 29.4 Å². The highest BCUT2D eigenvalue weighted by molar-refractivity contribution is 5.78. The van der Waals surface area contributed by atoms with Gasteiger partial charge in [-0.3, -0.25) is 4.57 Å². The predicted octanol–water partition coefficient (Wildman–Crippen LogP) is 4.05. The Labute approximate surface area is 118 Å². The lowest BCUT2D eigenvalue weighted by atomic mass is 10.2. The number of aromatic nitrogens is 2. The van der Waals surface area contributed by atoms with Gasteiger partial charge >= 0.3 is 6.18 Å². The number of alkyl halides is 3. The van der Waals surface area contributed by atoms with E-state index >= 15 is 0 Å². The van der Waals surface area contributed by atoms with Crippen LogP contribution in [0, 0.1) is 0 Å². The summed E-state index contributed by atoms with van der Waals surface area (Å²) in [7, 11) is 1.56. The summed E-state index contributed by atoms with van der Waals surface area (Å²) in [5.74, 6) is 0.668. The largest absolute Gasteiger partial charge is 0.497 e. The lowest BCUT2D eigenvalue weighted by Gasteiger charge is -2.08. The Hall–Kier alpha value is -2.50. The van der Waals surface area contributed by atoms with Gasteiger partial charge in [-0.25, -0.2) is 4.98 Å². The van der Waals surface area contributed by atoms with Crippen LogP contribution in [-0.2, 0) is 6.18 Å². The number of methoxy groups -OCH3 is 1. The first kappa shape index (κ1) is 13.5. The molecule has 3 rings (SSSR count). The Bertz CT molecular complexity index is 793. The zero-order valence-corrected chi connectivity index (χ0v) is 11.1. The fraction of sp³-hybridized carbons (Fsp3) is 0.133. The molecule has 0 atom stereocenters. The Morgan fingerprint density at radius 3 is 2.62 bits per heavy atom. The van der Waals surface area contributed by atoms with Crippen LogP contribution in [0.25, 0.3) is 16.7 Å². The summed E-state index contributed by atoms with van der Waals surface area (Å²) >= 11 is 0. The molecule has 0 amide bonds.